The lowest BCUT2D eigenvalue weighted by Gasteiger charge is -2.18. The first-order valence-corrected chi connectivity index (χ1v) is 5.08. The Labute approximate surface area is 91.8 Å². The van der Waals surface area contributed by atoms with Crippen LogP contribution in [0.3, 0.4) is 0 Å². The Morgan fingerprint density at radius 3 is 2.94 bits per heavy atom. The molecule has 1 aliphatic rings. The Morgan fingerprint density at radius 2 is 2.19 bits per heavy atom. The van der Waals surface area contributed by atoms with Crippen LogP contribution in [0.15, 0.2) is 18.2 Å². The molecule has 2 rings (SSSR count). The fraction of sp³-hybridized carbons (Fsp3) is 0.364. The van der Waals surface area contributed by atoms with Gasteiger partial charge in [-0.25, -0.2) is 0 Å². The molecule has 0 aromatic heterocycles. The molecular formula is C11H12F2N2O. The Hall–Kier alpha value is -1.49. The summed E-state index contributed by atoms with van der Waals surface area (Å²) in [4.78, 5) is 10.8. The molecule has 0 spiro atoms. The number of hydrogen-bond acceptors (Lipinski definition) is 2. The molecule has 1 aromatic rings. The van der Waals surface area contributed by atoms with Crippen molar-refractivity contribution in [2.75, 3.05) is 11.9 Å². The normalized spacial score (nSPS) is 14.7. The molecule has 5 heteroatoms. The fourth-order valence-corrected chi connectivity index (χ4v) is 1.76. The zero-order chi connectivity index (χ0) is 11.5. The van der Waals surface area contributed by atoms with E-state index in [1.807, 2.05) is 6.07 Å². The van der Waals surface area contributed by atoms with Crippen LogP contribution < -0.4 is 10.6 Å². The largest absolute Gasteiger partial charge is 0.321 e. The molecule has 0 atom stereocenters. The summed E-state index contributed by atoms with van der Waals surface area (Å²) < 4.78 is 24.1. The second kappa shape index (κ2) is 4.57. The molecule has 86 valence electrons. The number of amides is 1. The summed E-state index contributed by atoms with van der Waals surface area (Å²) in [6.45, 7) is 1.64. The third-order valence-electron chi connectivity index (χ3n) is 2.56. The van der Waals surface area contributed by atoms with Gasteiger partial charge in [0.2, 0.25) is 0 Å². The zero-order valence-corrected chi connectivity index (χ0v) is 8.59. The molecule has 1 aliphatic heterocycles. The fourth-order valence-electron chi connectivity index (χ4n) is 1.76. The van der Waals surface area contributed by atoms with E-state index in [0.717, 1.165) is 18.5 Å². The van der Waals surface area contributed by atoms with E-state index in [-0.39, 0.29) is 0 Å². The predicted molar refractivity (Wildman–Crippen MR) is 56.5 cm³/mol. The number of alkyl halides is 2. The van der Waals surface area contributed by atoms with E-state index < -0.39 is 12.3 Å². The monoisotopic (exact) mass is 226 g/mol. The first-order chi connectivity index (χ1) is 7.66. The summed E-state index contributed by atoms with van der Waals surface area (Å²) in [7, 11) is 0. The van der Waals surface area contributed by atoms with Gasteiger partial charge in [-0.15, -0.1) is 0 Å². The summed E-state index contributed by atoms with van der Waals surface area (Å²) in [6, 6.07) is 5.27. The number of fused-ring (bicyclic) bond motifs is 1. The number of hydrogen-bond donors (Lipinski definition) is 2. The smallest absolute Gasteiger partial charge is 0.315 e. The van der Waals surface area contributed by atoms with Crippen molar-refractivity contribution in [3.63, 3.8) is 0 Å². The van der Waals surface area contributed by atoms with E-state index in [0.29, 0.717) is 12.2 Å². The van der Waals surface area contributed by atoms with Crippen LogP contribution >= 0.6 is 0 Å². The van der Waals surface area contributed by atoms with Gasteiger partial charge in [-0.3, -0.25) is 4.79 Å². The molecular weight excluding hydrogens is 214 g/mol. The number of rotatable bonds is 2. The van der Waals surface area contributed by atoms with Crippen LogP contribution in [0.1, 0.15) is 11.1 Å². The van der Waals surface area contributed by atoms with Crippen molar-refractivity contribution < 1.29 is 13.6 Å². The summed E-state index contributed by atoms with van der Waals surface area (Å²) in [5.74, 6) is -1.26. The van der Waals surface area contributed by atoms with Crippen LogP contribution in [0.25, 0.3) is 0 Å². The predicted octanol–water partition coefficient (Wildman–Crippen LogP) is 1.54. The Morgan fingerprint density at radius 1 is 1.38 bits per heavy atom. The van der Waals surface area contributed by atoms with Gasteiger partial charge >= 0.3 is 6.43 Å². The number of benzene rings is 1. The second-order valence-electron chi connectivity index (χ2n) is 3.70. The minimum atomic E-state index is -2.98. The summed E-state index contributed by atoms with van der Waals surface area (Å²) in [6.07, 6.45) is -2.05. The average Bonchev–Trinajstić information content (AvgIpc) is 2.28. The molecule has 1 aromatic carbocycles. The van der Waals surface area contributed by atoms with Crippen LogP contribution in [0.5, 0.6) is 0 Å². The number of carbonyl (C=O) groups is 1. The third-order valence-corrected chi connectivity index (χ3v) is 2.56. The molecule has 1 amide bonds. The lowest BCUT2D eigenvalue weighted by atomic mass is 10.0. The summed E-state index contributed by atoms with van der Waals surface area (Å²) >= 11 is 0. The van der Waals surface area contributed by atoms with E-state index >= 15 is 0 Å². The summed E-state index contributed by atoms with van der Waals surface area (Å²) in [5, 5.41) is 5.36. The third kappa shape index (κ3) is 2.36. The van der Waals surface area contributed by atoms with Crippen LogP contribution in [0.2, 0.25) is 0 Å². The van der Waals surface area contributed by atoms with E-state index in [9.17, 15) is 13.6 Å². The molecule has 0 saturated heterocycles. The highest BCUT2D eigenvalue weighted by Gasteiger charge is 2.16. The maximum absolute atomic E-state index is 12.0. The topological polar surface area (TPSA) is 41.1 Å². The maximum atomic E-state index is 12.0. The Balaban J connectivity index is 2.14. The summed E-state index contributed by atoms with van der Waals surface area (Å²) in [5.41, 5.74) is 2.68. The van der Waals surface area contributed by atoms with E-state index in [4.69, 9.17) is 0 Å². The molecule has 0 radical (unpaired) electrons. The van der Waals surface area contributed by atoms with Gasteiger partial charge in [0.15, 0.2) is 0 Å². The van der Waals surface area contributed by atoms with Gasteiger partial charge in [0.05, 0.1) is 0 Å². The molecule has 16 heavy (non-hydrogen) atoms. The van der Waals surface area contributed by atoms with Gasteiger partial charge in [-0.05, 0) is 36.2 Å². The van der Waals surface area contributed by atoms with Gasteiger partial charge in [0.25, 0.3) is 5.91 Å². The van der Waals surface area contributed by atoms with Gasteiger partial charge in [-0.1, -0.05) is 6.07 Å². The minimum absolute atomic E-state index is 0.424. The minimum Gasteiger partial charge on any atom is -0.321 e. The molecule has 3 nitrogen and oxygen atoms in total. The molecule has 0 bridgehead atoms. The van der Waals surface area contributed by atoms with Crippen molar-refractivity contribution in [3.8, 4) is 0 Å². The molecule has 0 aliphatic carbocycles. The highest BCUT2D eigenvalue weighted by atomic mass is 19.3. The standard InChI is InChI=1S/C11H12F2N2O/c12-10(13)11(16)15-9-2-1-7-3-4-14-6-8(7)5-9/h1-2,5,10,14H,3-4,6H2,(H,15,16). The number of anilines is 1. The van der Waals surface area contributed by atoms with Gasteiger partial charge < -0.3 is 10.6 Å². The second-order valence-corrected chi connectivity index (χ2v) is 3.70. The van der Waals surface area contributed by atoms with Crippen molar-refractivity contribution in [1.82, 2.24) is 5.32 Å². The van der Waals surface area contributed by atoms with E-state index in [2.05, 4.69) is 10.6 Å². The lowest BCUT2D eigenvalue weighted by molar-refractivity contribution is -0.126. The highest BCUT2D eigenvalue weighted by molar-refractivity contribution is 5.93. The molecule has 1 heterocycles. The molecule has 2 N–H and O–H groups in total. The number of carbonyl (C=O) groups excluding carboxylic acids is 1. The Bertz CT molecular complexity index is 407. The van der Waals surface area contributed by atoms with Gasteiger partial charge in [0, 0.05) is 12.2 Å². The van der Waals surface area contributed by atoms with Crippen LogP contribution in [0, 0.1) is 0 Å². The van der Waals surface area contributed by atoms with E-state index in [1.54, 1.807) is 12.1 Å². The van der Waals surface area contributed by atoms with Crippen molar-refractivity contribution in [2.45, 2.75) is 19.4 Å². The number of halogens is 2. The maximum Gasteiger partial charge on any atom is 0.315 e. The van der Waals surface area contributed by atoms with Crippen molar-refractivity contribution in [2.24, 2.45) is 0 Å². The van der Waals surface area contributed by atoms with Crippen LogP contribution in [-0.4, -0.2) is 18.9 Å². The average molecular weight is 226 g/mol. The van der Waals surface area contributed by atoms with Gasteiger partial charge in [-0.2, -0.15) is 8.78 Å². The van der Waals surface area contributed by atoms with Crippen LogP contribution in [-0.2, 0) is 17.8 Å². The van der Waals surface area contributed by atoms with Crippen molar-refractivity contribution >= 4 is 11.6 Å². The first kappa shape index (κ1) is 11.0. The SMILES string of the molecule is O=C(Nc1ccc2c(c1)CNCC2)C(F)F. The molecule has 0 saturated carbocycles. The number of nitrogens with one attached hydrogen (secondary N) is 2. The van der Waals surface area contributed by atoms with Crippen molar-refractivity contribution in [3.05, 3.63) is 29.3 Å². The quantitative estimate of drug-likeness (QED) is 0.803. The van der Waals surface area contributed by atoms with E-state index in [1.165, 1.54) is 5.56 Å². The first-order valence-electron chi connectivity index (χ1n) is 5.08. The zero-order valence-electron chi connectivity index (χ0n) is 8.59. The highest BCUT2D eigenvalue weighted by Crippen LogP contribution is 2.19. The molecule has 0 unspecified atom stereocenters. The Kier molecular flexibility index (Phi) is 3.14. The van der Waals surface area contributed by atoms with Crippen molar-refractivity contribution in [1.29, 1.82) is 0 Å². The van der Waals surface area contributed by atoms with Crippen LogP contribution in [0.4, 0.5) is 14.5 Å². The van der Waals surface area contributed by atoms with Gasteiger partial charge in [0.1, 0.15) is 0 Å². The lowest BCUT2D eigenvalue weighted by Crippen LogP contribution is -2.24. The molecule has 0 fully saturated rings.